The number of aliphatic hydroxyl groups is 1. The van der Waals surface area contributed by atoms with Crippen LogP contribution in [-0.2, 0) is 6.54 Å². The Kier molecular flexibility index (Phi) is 5.60. The summed E-state index contributed by atoms with van der Waals surface area (Å²) in [7, 11) is 0. The van der Waals surface area contributed by atoms with E-state index < -0.39 is 6.10 Å². The van der Waals surface area contributed by atoms with Gasteiger partial charge in [-0.1, -0.05) is 0 Å². The molecule has 2 heterocycles. The summed E-state index contributed by atoms with van der Waals surface area (Å²) in [6, 6.07) is 3.47. The van der Waals surface area contributed by atoms with E-state index in [1.165, 1.54) is 6.26 Å². The predicted octanol–water partition coefficient (Wildman–Crippen LogP) is 1.67. The summed E-state index contributed by atoms with van der Waals surface area (Å²) in [6.45, 7) is 7.09. The van der Waals surface area contributed by atoms with Crippen LogP contribution in [0.2, 0.25) is 0 Å². The van der Waals surface area contributed by atoms with Crippen LogP contribution < -0.4 is 10.6 Å². The van der Waals surface area contributed by atoms with E-state index in [0.717, 1.165) is 11.5 Å². The topological polar surface area (TPSA) is 95.8 Å². The van der Waals surface area contributed by atoms with Crippen LogP contribution in [0.25, 0.3) is 0 Å². The van der Waals surface area contributed by atoms with E-state index in [0.29, 0.717) is 37.2 Å². The van der Waals surface area contributed by atoms with Crippen molar-refractivity contribution in [2.45, 2.75) is 33.4 Å². The van der Waals surface area contributed by atoms with Gasteiger partial charge in [0.15, 0.2) is 5.96 Å². The second kappa shape index (κ2) is 7.65. The van der Waals surface area contributed by atoms with Gasteiger partial charge in [-0.15, -0.1) is 0 Å². The number of nitrogens with one attached hydrogen (secondary N) is 2. The number of furan rings is 1. The SMILES string of the molecule is CCNC(=NCc1nc(C)c(C)o1)NCC(O)c1ccco1. The summed E-state index contributed by atoms with van der Waals surface area (Å²) < 4.78 is 10.6. The minimum Gasteiger partial charge on any atom is -0.467 e. The Morgan fingerprint density at radius 3 is 2.82 bits per heavy atom. The molecule has 2 aromatic rings. The summed E-state index contributed by atoms with van der Waals surface area (Å²) in [5.74, 6) is 2.47. The monoisotopic (exact) mass is 306 g/mol. The summed E-state index contributed by atoms with van der Waals surface area (Å²) >= 11 is 0. The molecule has 0 aliphatic rings. The molecule has 0 aliphatic heterocycles. The lowest BCUT2D eigenvalue weighted by atomic mass is 10.3. The molecule has 0 fully saturated rings. The maximum atomic E-state index is 9.98. The molecule has 0 saturated heterocycles. The number of aliphatic hydroxyl groups excluding tert-OH is 1. The highest BCUT2D eigenvalue weighted by atomic mass is 16.4. The number of aromatic nitrogens is 1. The van der Waals surface area contributed by atoms with Gasteiger partial charge in [-0.25, -0.2) is 9.98 Å². The van der Waals surface area contributed by atoms with Crippen molar-refractivity contribution in [3.63, 3.8) is 0 Å². The normalized spacial score (nSPS) is 13.2. The second-order valence-electron chi connectivity index (χ2n) is 4.86. The molecule has 7 heteroatoms. The molecule has 0 aliphatic carbocycles. The third kappa shape index (κ3) is 4.36. The van der Waals surface area contributed by atoms with Crippen molar-refractivity contribution in [2.75, 3.05) is 13.1 Å². The molecule has 0 amide bonds. The Balaban J connectivity index is 1.92. The van der Waals surface area contributed by atoms with Gasteiger partial charge in [-0.3, -0.25) is 0 Å². The van der Waals surface area contributed by atoms with Gasteiger partial charge in [0.2, 0.25) is 5.89 Å². The molecule has 7 nitrogen and oxygen atoms in total. The van der Waals surface area contributed by atoms with E-state index in [9.17, 15) is 5.11 Å². The van der Waals surface area contributed by atoms with Crippen LogP contribution in [0.4, 0.5) is 0 Å². The predicted molar refractivity (Wildman–Crippen MR) is 82.5 cm³/mol. The number of oxazole rings is 1. The lowest BCUT2D eigenvalue weighted by Crippen LogP contribution is -2.39. The van der Waals surface area contributed by atoms with Gasteiger partial charge >= 0.3 is 0 Å². The zero-order valence-electron chi connectivity index (χ0n) is 13.1. The maximum Gasteiger partial charge on any atom is 0.216 e. The Hall–Kier alpha value is -2.28. The van der Waals surface area contributed by atoms with E-state index in [2.05, 4.69) is 20.6 Å². The van der Waals surface area contributed by atoms with E-state index >= 15 is 0 Å². The number of hydrogen-bond donors (Lipinski definition) is 3. The molecule has 22 heavy (non-hydrogen) atoms. The van der Waals surface area contributed by atoms with Crippen LogP contribution >= 0.6 is 0 Å². The van der Waals surface area contributed by atoms with Crippen molar-refractivity contribution in [1.82, 2.24) is 15.6 Å². The lowest BCUT2D eigenvalue weighted by molar-refractivity contribution is 0.153. The largest absolute Gasteiger partial charge is 0.467 e. The van der Waals surface area contributed by atoms with Crippen LogP contribution in [0, 0.1) is 13.8 Å². The molecule has 1 unspecified atom stereocenters. The minimum absolute atomic E-state index is 0.295. The van der Waals surface area contributed by atoms with E-state index in [4.69, 9.17) is 8.83 Å². The summed E-state index contributed by atoms with van der Waals surface area (Å²) in [6.07, 6.45) is 0.801. The summed E-state index contributed by atoms with van der Waals surface area (Å²) in [4.78, 5) is 8.67. The fourth-order valence-corrected chi connectivity index (χ4v) is 1.87. The second-order valence-corrected chi connectivity index (χ2v) is 4.86. The highest BCUT2D eigenvalue weighted by Gasteiger charge is 2.11. The van der Waals surface area contributed by atoms with Crippen LogP contribution in [0.5, 0.6) is 0 Å². The number of nitrogens with zero attached hydrogens (tertiary/aromatic N) is 2. The molecule has 0 spiro atoms. The van der Waals surface area contributed by atoms with E-state index in [1.807, 2.05) is 20.8 Å². The number of rotatable bonds is 6. The molecule has 0 bridgehead atoms. The fourth-order valence-electron chi connectivity index (χ4n) is 1.87. The zero-order valence-corrected chi connectivity index (χ0v) is 13.1. The smallest absolute Gasteiger partial charge is 0.216 e. The van der Waals surface area contributed by atoms with E-state index in [-0.39, 0.29) is 0 Å². The quantitative estimate of drug-likeness (QED) is 0.555. The highest BCUT2D eigenvalue weighted by Crippen LogP contribution is 2.11. The zero-order chi connectivity index (χ0) is 15.9. The molecule has 2 aromatic heterocycles. The average molecular weight is 306 g/mol. The Morgan fingerprint density at radius 2 is 2.23 bits per heavy atom. The van der Waals surface area contributed by atoms with Crippen LogP contribution in [0.3, 0.4) is 0 Å². The van der Waals surface area contributed by atoms with Crippen molar-refractivity contribution in [3.05, 3.63) is 41.5 Å². The molecule has 0 saturated carbocycles. The van der Waals surface area contributed by atoms with Crippen molar-refractivity contribution >= 4 is 5.96 Å². The molecule has 3 N–H and O–H groups in total. The van der Waals surface area contributed by atoms with Gasteiger partial charge in [-0.2, -0.15) is 0 Å². The molecule has 2 rings (SSSR count). The van der Waals surface area contributed by atoms with E-state index in [1.54, 1.807) is 12.1 Å². The Labute approximate surface area is 129 Å². The molecular formula is C15H22N4O3. The number of hydrogen-bond acceptors (Lipinski definition) is 5. The average Bonchev–Trinajstić information content (AvgIpc) is 3.12. The van der Waals surface area contributed by atoms with Gasteiger partial charge < -0.3 is 24.6 Å². The van der Waals surface area contributed by atoms with Crippen LogP contribution in [0.1, 0.15) is 36.1 Å². The van der Waals surface area contributed by atoms with Gasteiger partial charge in [-0.05, 0) is 32.9 Å². The Morgan fingerprint density at radius 1 is 1.41 bits per heavy atom. The summed E-state index contributed by atoms with van der Waals surface area (Å²) in [5.41, 5.74) is 0.872. The third-order valence-electron chi connectivity index (χ3n) is 3.12. The number of guanidine groups is 1. The molecule has 0 aromatic carbocycles. The molecule has 0 radical (unpaired) electrons. The maximum absolute atomic E-state index is 9.98. The summed E-state index contributed by atoms with van der Waals surface area (Å²) in [5, 5.41) is 16.1. The first-order valence-corrected chi connectivity index (χ1v) is 7.26. The molecular weight excluding hydrogens is 284 g/mol. The molecule has 1 atom stereocenters. The van der Waals surface area contributed by atoms with Gasteiger partial charge in [0, 0.05) is 6.54 Å². The fraction of sp³-hybridized carbons (Fsp3) is 0.467. The highest BCUT2D eigenvalue weighted by molar-refractivity contribution is 5.79. The third-order valence-corrected chi connectivity index (χ3v) is 3.12. The van der Waals surface area contributed by atoms with Gasteiger partial charge in [0.25, 0.3) is 0 Å². The molecule has 120 valence electrons. The first-order valence-electron chi connectivity index (χ1n) is 7.26. The minimum atomic E-state index is -0.731. The number of aliphatic imine (C=N–C) groups is 1. The standard InChI is InChI=1S/C15H22N4O3/c1-4-16-15(17-8-12(20)13-6-5-7-21-13)18-9-14-19-10(2)11(3)22-14/h5-7,12,20H,4,8-9H2,1-3H3,(H2,16,17,18). The Bertz CT molecular complexity index is 585. The first-order chi connectivity index (χ1) is 10.6. The van der Waals surface area contributed by atoms with Crippen molar-refractivity contribution in [2.24, 2.45) is 4.99 Å². The van der Waals surface area contributed by atoms with Crippen molar-refractivity contribution in [1.29, 1.82) is 0 Å². The lowest BCUT2D eigenvalue weighted by Gasteiger charge is -2.13. The van der Waals surface area contributed by atoms with Crippen LogP contribution in [-0.4, -0.2) is 29.1 Å². The first kappa shape index (κ1) is 16.1. The van der Waals surface area contributed by atoms with Crippen molar-refractivity contribution < 1.29 is 13.9 Å². The van der Waals surface area contributed by atoms with Gasteiger partial charge in [0.05, 0.1) is 18.5 Å². The van der Waals surface area contributed by atoms with Gasteiger partial charge in [0.1, 0.15) is 24.2 Å². The number of aryl methyl sites for hydroxylation is 2. The van der Waals surface area contributed by atoms with Crippen LogP contribution in [0.15, 0.2) is 32.2 Å². The van der Waals surface area contributed by atoms with Crippen molar-refractivity contribution in [3.8, 4) is 0 Å².